The molecule has 2 fully saturated rings. The highest BCUT2D eigenvalue weighted by Crippen LogP contribution is 2.58. The van der Waals surface area contributed by atoms with Crippen LogP contribution >= 0.6 is 0 Å². The molecule has 214 valence electrons. The summed E-state index contributed by atoms with van der Waals surface area (Å²) in [7, 11) is 0. The molecule has 1 unspecified atom stereocenters. The fourth-order valence-electron chi connectivity index (χ4n) is 7.21. The number of anilines is 1. The second-order valence-corrected chi connectivity index (χ2v) is 13.0. The van der Waals surface area contributed by atoms with Gasteiger partial charge in [-0.2, -0.15) is 0 Å². The number of aliphatic hydroxyl groups excluding tert-OH is 3. The third kappa shape index (κ3) is 4.92. The Morgan fingerprint density at radius 2 is 2.03 bits per heavy atom. The van der Waals surface area contributed by atoms with Crippen LogP contribution < -0.4 is 10.3 Å². The summed E-state index contributed by atoms with van der Waals surface area (Å²) in [6.07, 6.45) is 11.1. The largest absolute Gasteiger partial charge is 0.394 e. The van der Waals surface area contributed by atoms with E-state index < -0.39 is 31.1 Å². The van der Waals surface area contributed by atoms with Gasteiger partial charge in [-0.25, -0.2) is 9.55 Å². The molecule has 39 heavy (non-hydrogen) atoms. The van der Waals surface area contributed by atoms with Gasteiger partial charge in [0.15, 0.2) is 11.7 Å². The lowest BCUT2D eigenvalue weighted by Gasteiger charge is -2.53. The van der Waals surface area contributed by atoms with Crippen LogP contribution in [0, 0.1) is 22.7 Å². The van der Waals surface area contributed by atoms with Gasteiger partial charge in [0, 0.05) is 0 Å². The Hall–Kier alpha value is -2.33. The third-order valence-corrected chi connectivity index (χ3v) is 10.2. The van der Waals surface area contributed by atoms with E-state index in [0.717, 1.165) is 6.42 Å². The first-order chi connectivity index (χ1) is 18.5. The summed E-state index contributed by atoms with van der Waals surface area (Å²) in [5, 5.41) is 30.0. The summed E-state index contributed by atoms with van der Waals surface area (Å²) in [6, 6.07) is 0. The Morgan fingerprint density at radius 3 is 2.74 bits per heavy atom. The number of nitrogens with zero attached hydrogens (tertiary/aromatic N) is 4. The average Bonchev–Trinajstić information content (AvgIpc) is 3.45. The van der Waals surface area contributed by atoms with Gasteiger partial charge in [0.2, 0.25) is 12.0 Å². The molecule has 9 heteroatoms. The fourth-order valence-corrected chi connectivity index (χ4v) is 7.21. The summed E-state index contributed by atoms with van der Waals surface area (Å²) >= 11 is 0. The number of hydrogen-bond acceptors (Lipinski definition) is 7. The van der Waals surface area contributed by atoms with Gasteiger partial charge in [-0.05, 0) is 61.7 Å². The van der Waals surface area contributed by atoms with E-state index in [-0.39, 0.29) is 0 Å². The Balaban J connectivity index is 1.28. The lowest BCUT2D eigenvalue weighted by Crippen LogP contribution is -2.43. The molecule has 2 aliphatic carbocycles. The summed E-state index contributed by atoms with van der Waals surface area (Å²) < 4.78 is 9.07. The molecular weight excluding hydrogens is 494 g/mol. The van der Waals surface area contributed by atoms with Crippen LogP contribution in [0.15, 0.2) is 36.0 Å². The normalized spacial score (nSPS) is 34.8. The molecule has 3 aliphatic rings. The molecule has 0 amide bonds. The van der Waals surface area contributed by atoms with Gasteiger partial charge in [-0.3, -0.25) is 4.57 Å². The third-order valence-electron chi connectivity index (χ3n) is 10.2. The molecule has 0 aromatic carbocycles. The molecule has 1 aliphatic heterocycles. The number of ether oxygens (including phenoxy) is 1. The SMILES string of the molecule is C/C(=C\C[n+]1cnc2c(ncn2[C@@H]2O[C@H](CO)[C@H](O)C2O)c1N)CC[C@@]1(C)[C@@H]2CCCC(C)(C)C2=CC[C@@H]1C. The highest BCUT2D eigenvalue weighted by Gasteiger charge is 2.48. The van der Waals surface area contributed by atoms with Crippen molar-refractivity contribution in [3.05, 3.63) is 36.0 Å². The Labute approximate surface area is 231 Å². The Kier molecular flexibility index (Phi) is 7.65. The lowest BCUT2D eigenvalue weighted by molar-refractivity contribution is -0.674. The number of fused-ring (bicyclic) bond motifs is 2. The molecule has 1 saturated heterocycles. The van der Waals surface area contributed by atoms with Gasteiger partial charge in [0.1, 0.15) is 24.6 Å². The molecule has 0 radical (unpaired) electrons. The molecule has 9 nitrogen and oxygen atoms in total. The van der Waals surface area contributed by atoms with Crippen molar-refractivity contribution in [3.8, 4) is 0 Å². The van der Waals surface area contributed by atoms with Crippen LogP contribution in [-0.2, 0) is 11.3 Å². The molecule has 2 aromatic rings. The molecular formula is C30H46N5O4+. The number of hydrogen-bond donors (Lipinski definition) is 4. The van der Waals surface area contributed by atoms with E-state index >= 15 is 0 Å². The average molecular weight is 541 g/mol. The van der Waals surface area contributed by atoms with Crippen molar-refractivity contribution in [2.24, 2.45) is 22.7 Å². The van der Waals surface area contributed by atoms with Gasteiger partial charge in [0.05, 0.1) is 13.2 Å². The van der Waals surface area contributed by atoms with Crippen molar-refractivity contribution in [2.45, 2.75) is 104 Å². The maximum absolute atomic E-state index is 10.4. The minimum absolute atomic E-state index is 0.311. The predicted molar refractivity (Wildman–Crippen MR) is 149 cm³/mol. The quantitative estimate of drug-likeness (QED) is 0.313. The number of nitrogen functional groups attached to an aromatic ring is 1. The summed E-state index contributed by atoms with van der Waals surface area (Å²) in [5.74, 6) is 1.83. The van der Waals surface area contributed by atoms with Crippen LogP contribution in [0.1, 0.15) is 79.4 Å². The summed E-state index contributed by atoms with van der Waals surface area (Å²) in [6.45, 7) is 12.2. The van der Waals surface area contributed by atoms with Crippen molar-refractivity contribution in [1.29, 1.82) is 0 Å². The topological polar surface area (TPSA) is 131 Å². The van der Waals surface area contributed by atoms with Gasteiger partial charge in [-0.1, -0.05) is 62.4 Å². The second-order valence-electron chi connectivity index (χ2n) is 13.0. The van der Waals surface area contributed by atoms with Gasteiger partial charge >= 0.3 is 0 Å². The molecule has 5 N–H and O–H groups in total. The van der Waals surface area contributed by atoms with Crippen molar-refractivity contribution in [1.82, 2.24) is 14.5 Å². The first-order valence-electron chi connectivity index (χ1n) is 14.5. The Bertz CT molecular complexity index is 1270. The molecule has 3 heterocycles. The van der Waals surface area contributed by atoms with Gasteiger partial charge in [0.25, 0.3) is 5.82 Å². The highest BCUT2D eigenvalue weighted by atomic mass is 16.6. The zero-order valence-electron chi connectivity index (χ0n) is 24.0. The van der Waals surface area contributed by atoms with Crippen molar-refractivity contribution >= 4 is 17.0 Å². The van der Waals surface area contributed by atoms with Crippen LogP contribution in [-0.4, -0.2) is 54.8 Å². The molecule has 1 saturated carbocycles. The summed E-state index contributed by atoms with van der Waals surface area (Å²) in [5.41, 5.74) is 11.1. The molecule has 0 bridgehead atoms. The lowest BCUT2D eigenvalue weighted by atomic mass is 9.52. The maximum Gasteiger partial charge on any atom is 0.251 e. The molecule has 2 aromatic heterocycles. The fraction of sp³-hybridized carbons (Fsp3) is 0.700. The number of aromatic nitrogens is 4. The van der Waals surface area contributed by atoms with Crippen LogP contribution in [0.4, 0.5) is 5.82 Å². The van der Waals surface area contributed by atoms with E-state index in [2.05, 4.69) is 56.7 Å². The number of aliphatic hydroxyl groups is 3. The maximum atomic E-state index is 10.4. The van der Waals surface area contributed by atoms with E-state index in [0.29, 0.717) is 46.2 Å². The monoisotopic (exact) mass is 540 g/mol. The smallest absolute Gasteiger partial charge is 0.251 e. The molecule has 0 spiro atoms. The van der Waals surface area contributed by atoms with Crippen molar-refractivity contribution in [3.63, 3.8) is 0 Å². The van der Waals surface area contributed by atoms with E-state index in [1.807, 2.05) is 4.57 Å². The number of imidazole rings is 1. The first kappa shape index (κ1) is 28.2. The van der Waals surface area contributed by atoms with E-state index in [4.69, 9.17) is 10.5 Å². The second kappa shape index (κ2) is 10.6. The summed E-state index contributed by atoms with van der Waals surface area (Å²) in [4.78, 5) is 8.97. The van der Waals surface area contributed by atoms with Gasteiger partial charge in [-0.15, -0.1) is 0 Å². The van der Waals surface area contributed by atoms with E-state index in [9.17, 15) is 15.3 Å². The zero-order chi connectivity index (χ0) is 28.1. The minimum atomic E-state index is -1.21. The van der Waals surface area contributed by atoms with Crippen molar-refractivity contribution < 1.29 is 24.6 Å². The first-order valence-corrected chi connectivity index (χ1v) is 14.5. The standard InChI is InChI=1S/C30H45N5O4/c1-18(10-13-30(5)19(2)8-9-20-21(30)7-6-12-29(20,3)4)11-14-34-16-33-27-23(26(34)31)32-17-35(27)28-25(38)24(37)22(15-36)39-28/h9,11,16-17,19,21-22,24-25,28,31,36-38H,6-8,10,12-15H2,1-5H3/p+1/b18-11+/t19-,21+,22+,24-,25?,28+,30+/m0/s1. The highest BCUT2D eigenvalue weighted by molar-refractivity contribution is 5.79. The van der Waals surface area contributed by atoms with Crippen LogP contribution in [0.25, 0.3) is 11.2 Å². The van der Waals surface area contributed by atoms with Crippen molar-refractivity contribution in [2.75, 3.05) is 12.3 Å². The van der Waals surface area contributed by atoms with E-state index in [1.54, 1.807) is 16.5 Å². The zero-order valence-corrected chi connectivity index (χ0v) is 24.0. The number of rotatable bonds is 7. The van der Waals surface area contributed by atoms with Crippen LogP contribution in [0.2, 0.25) is 0 Å². The van der Waals surface area contributed by atoms with Gasteiger partial charge < -0.3 is 25.8 Å². The van der Waals surface area contributed by atoms with Crippen LogP contribution in [0.3, 0.4) is 0 Å². The number of allylic oxidation sites excluding steroid dienone is 4. The minimum Gasteiger partial charge on any atom is -0.394 e. The molecule has 7 atom stereocenters. The molecule has 5 rings (SSSR count). The van der Waals surface area contributed by atoms with E-state index in [1.165, 1.54) is 44.0 Å². The Morgan fingerprint density at radius 1 is 1.26 bits per heavy atom. The number of nitrogens with two attached hydrogens (primary N) is 1. The predicted octanol–water partition coefficient (Wildman–Crippen LogP) is 3.44. The van der Waals surface area contributed by atoms with Crippen LogP contribution in [0.5, 0.6) is 0 Å².